The second-order valence-electron chi connectivity index (χ2n) is 6.21. The molecule has 0 spiro atoms. The van der Waals surface area contributed by atoms with Crippen molar-refractivity contribution in [2.75, 3.05) is 0 Å². The minimum absolute atomic E-state index is 0.237. The molecule has 0 saturated heterocycles. The highest BCUT2D eigenvalue weighted by Crippen LogP contribution is 2.41. The summed E-state index contributed by atoms with van der Waals surface area (Å²) in [5.41, 5.74) is 4.31. The summed E-state index contributed by atoms with van der Waals surface area (Å²) in [6.07, 6.45) is 3.65. The highest BCUT2D eigenvalue weighted by Gasteiger charge is 2.29. The molecular formula is C18H20FN3. The van der Waals surface area contributed by atoms with Gasteiger partial charge < -0.3 is 0 Å². The lowest BCUT2D eigenvalue weighted by molar-refractivity contribution is 0.478. The van der Waals surface area contributed by atoms with Crippen molar-refractivity contribution in [3.05, 3.63) is 41.3 Å². The molecule has 0 N–H and O–H groups in total. The van der Waals surface area contributed by atoms with Crippen LogP contribution in [-0.2, 0) is 6.42 Å². The van der Waals surface area contributed by atoms with Crippen LogP contribution in [0.2, 0.25) is 0 Å². The van der Waals surface area contributed by atoms with Crippen LogP contribution in [-0.4, -0.2) is 9.78 Å². The van der Waals surface area contributed by atoms with Crippen LogP contribution in [0.4, 0.5) is 4.39 Å². The van der Waals surface area contributed by atoms with Gasteiger partial charge in [0.05, 0.1) is 11.8 Å². The van der Waals surface area contributed by atoms with Crippen LogP contribution >= 0.6 is 0 Å². The number of rotatable bonds is 3. The molecule has 1 heterocycles. The van der Waals surface area contributed by atoms with E-state index in [9.17, 15) is 4.39 Å². The lowest BCUT2D eigenvalue weighted by atomic mass is 9.82. The summed E-state index contributed by atoms with van der Waals surface area (Å²) < 4.78 is 15.3. The number of hydrogen-bond donors (Lipinski definition) is 0. The summed E-state index contributed by atoms with van der Waals surface area (Å²) >= 11 is 0. The molecule has 1 aliphatic rings. The predicted molar refractivity (Wildman–Crippen MR) is 83.9 cm³/mol. The number of hydrogen-bond acceptors (Lipinski definition) is 2. The monoisotopic (exact) mass is 297 g/mol. The Morgan fingerprint density at radius 2 is 2.09 bits per heavy atom. The summed E-state index contributed by atoms with van der Waals surface area (Å²) in [6, 6.07) is 9.09. The molecule has 22 heavy (non-hydrogen) atoms. The molecule has 1 aliphatic carbocycles. The maximum atomic E-state index is 13.2. The molecule has 1 unspecified atom stereocenters. The van der Waals surface area contributed by atoms with Gasteiger partial charge in [-0.3, -0.25) is 4.68 Å². The van der Waals surface area contributed by atoms with Gasteiger partial charge in [-0.05, 0) is 57.4 Å². The number of halogens is 1. The van der Waals surface area contributed by atoms with Gasteiger partial charge in [-0.25, -0.2) is 4.39 Å². The molecule has 1 aromatic carbocycles. The first-order valence-corrected chi connectivity index (χ1v) is 7.86. The van der Waals surface area contributed by atoms with E-state index in [1.807, 2.05) is 0 Å². The van der Waals surface area contributed by atoms with E-state index >= 15 is 0 Å². The van der Waals surface area contributed by atoms with E-state index in [4.69, 9.17) is 10.4 Å². The number of aromatic nitrogens is 2. The van der Waals surface area contributed by atoms with Crippen LogP contribution in [0.15, 0.2) is 24.3 Å². The minimum atomic E-state index is -0.241. The van der Waals surface area contributed by atoms with Crippen LogP contribution in [0.25, 0.3) is 11.3 Å². The zero-order chi connectivity index (χ0) is 15.7. The number of fused-ring (bicyclic) bond motifs is 1. The van der Waals surface area contributed by atoms with Gasteiger partial charge in [-0.2, -0.15) is 10.4 Å². The van der Waals surface area contributed by atoms with E-state index in [2.05, 4.69) is 24.6 Å². The van der Waals surface area contributed by atoms with Crippen molar-refractivity contribution in [2.45, 2.75) is 51.5 Å². The Kier molecular flexibility index (Phi) is 3.98. The van der Waals surface area contributed by atoms with Crippen LogP contribution in [0.3, 0.4) is 0 Å². The predicted octanol–water partition coefficient (Wildman–Crippen LogP) is 4.60. The van der Waals surface area contributed by atoms with Gasteiger partial charge in [-0.1, -0.05) is 0 Å². The molecule has 4 heteroatoms. The average Bonchev–Trinajstić information content (AvgIpc) is 2.89. The standard InChI is InChI=1S/C18H20FN3/c1-12(2)22-16-5-3-4-13(10-11-20)17(16)18(21-22)14-6-8-15(19)9-7-14/h6-9,12-13H,3-5,10H2,1-2H3. The number of benzene rings is 1. The molecule has 3 rings (SSSR count). The zero-order valence-corrected chi connectivity index (χ0v) is 13.0. The van der Waals surface area contributed by atoms with Crippen LogP contribution < -0.4 is 0 Å². The van der Waals surface area contributed by atoms with Gasteiger partial charge in [0.15, 0.2) is 0 Å². The van der Waals surface area contributed by atoms with Crippen molar-refractivity contribution in [3.8, 4) is 17.3 Å². The molecule has 1 aromatic heterocycles. The van der Waals surface area contributed by atoms with Crippen LogP contribution in [0, 0.1) is 17.1 Å². The van der Waals surface area contributed by atoms with Gasteiger partial charge in [0.2, 0.25) is 0 Å². The molecule has 114 valence electrons. The van der Waals surface area contributed by atoms with Crippen molar-refractivity contribution in [2.24, 2.45) is 0 Å². The maximum Gasteiger partial charge on any atom is 0.123 e. The Bertz CT molecular complexity index is 707. The smallest absolute Gasteiger partial charge is 0.123 e. The molecule has 0 amide bonds. The third-order valence-corrected chi connectivity index (χ3v) is 4.37. The first-order chi connectivity index (χ1) is 10.6. The van der Waals surface area contributed by atoms with E-state index in [0.717, 1.165) is 30.5 Å². The molecule has 0 saturated carbocycles. The van der Waals surface area contributed by atoms with Gasteiger partial charge in [0.25, 0.3) is 0 Å². The molecular weight excluding hydrogens is 277 g/mol. The molecule has 2 aromatic rings. The maximum absolute atomic E-state index is 13.2. The first kappa shape index (κ1) is 14.8. The number of nitrogens with zero attached hydrogens (tertiary/aromatic N) is 3. The van der Waals surface area contributed by atoms with Gasteiger partial charge in [-0.15, -0.1) is 0 Å². The van der Waals surface area contributed by atoms with E-state index in [1.54, 1.807) is 12.1 Å². The lowest BCUT2D eigenvalue weighted by Crippen LogP contribution is -2.14. The lowest BCUT2D eigenvalue weighted by Gasteiger charge is -2.23. The van der Waals surface area contributed by atoms with E-state index in [-0.39, 0.29) is 17.8 Å². The second-order valence-corrected chi connectivity index (χ2v) is 6.21. The average molecular weight is 297 g/mol. The Balaban J connectivity index is 2.17. The van der Waals surface area contributed by atoms with Gasteiger partial charge >= 0.3 is 0 Å². The summed E-state index contributed by atoms with van der Waals surface area (Å²) in [5.74, 6) is -0.00390. The van der Waals surface area contributed by atoms with Crippen molar-refractivity contribution in [1.29, 1.82) is 5.26 Å². The Labute approximate surface area is 130 Å². The summed E-state index contributed by atoms with van der Waals surface area (Å²) in [7, 11) is 0. The first-order valence-electron chi connectivity index (χ1n) is 7.86. The Morgan fingerprint density at radius 1 is 1.36 bits per heavy atom. The summed E-state index contributed by atoms with van der Waals surface area (Å²) in [6.45, 7) is 4.24. The van der Waals surface area contributed by atoms with Crippen molar-refractivity contribution < 1.29 is 4.39 Å². The molecule has 0 aliphatic heterocycles. The van der Waals surface area contributed by atoms with Crippen LogP contribution in [0.1, 0.15) is 56.3 Å². The molecule has 0 fully saturated rings. The summed E-state index contributed by atoms with van der Waals surface area (Å²) in [5, 5.41) is 13.9. The fourth-order valence-corrected chi connectivity index (χ4v) is 3.38. The molecule has 0 bridgehead atoms. The van der Waals surface area contributed by atoms with Gasteiger partial charge in [0.1, 0.15) is 5.82 Å². The Hall–Kier alpha value is -2.15. The van der Waals surface area contributed by atoms with E-state index in [0.29, 0.717) is 6.42 Å². The van der Waals surface area contributed by atoms with E-state index < -0.39 is 0 Å². The fraction of sp³-hybridized carbons (Fsp3) is 0.444. The topological polar surface area (TPSA) is 41.6 Å². The second kappa shape index (κ2) is 5.92. The number of nitriles is 1. The largest absolute Gasteiger partial charge is 0.266 e. The summed E-state index contributed by atoms with van der Waals surface area (Å²) in [4.78, 5) is 0. The van der Waals surface area contributed by atoms with E-state index in [1.165, 1.54) is 23.4 Å². The van der Waals surface area contributed by atoms with Crippen molar-refractivity contribution in [3.63, 3.8) is 0 Å². The molecule has 0 radical (unpaired) electrons. The quantitative estimate of drug-likeness (QED) is 0.830. The third-order valence-electron chi connectivity index (χ3n) is 4.37. The third kappa shape index (κ3) is 2.52. The fourth-order valence-electron chi connectivity index (χ4n) is 3.38. The normalized spacial score (nSPS) is 17.3. The van der Waals surface area contributed by atoms with Crippen molar-refractivity contribution in [1.82, 2.24) is 9.78 Å². The Morgan fingerprint density at radius 3 is 2.73 bits per heavy atom. The zero-order valence-electron chi connectivity index (χ0n) is 13.0. The highest BCUT2D eigenvalue weighted by molar-refractivity contribution is 5.65. The van der Waals surface area contributed by atoms with Crippen molar-refractivity contribution >= 4 is 0 Å². The SMILES string of the molecule is CC(C)n1nc(-c2ccc(F)cc2)c2c1CCCC2CC#N. The van der Waals surface area contributed by atoms with Crippen LogP contribution in [0.5, 0.6) is 0 Å². The van der Waals surface area contributed by atoms with Gasteiger partial charge in [0, 0.05) is 35.2 Å². The minimum Gasteiger partial charge on any atom is -0.266 e. The highest BCUT2D eigenvalue weighted by atomic mass is 19.1. The molecule has 3 nitrogen and oxygen atoms in total. The molecule has 1 atom stereocenters.